The van der Waals surface area contributed by atoms with Gasteiger partial charge in [-0.3, -0.25) is 14.5 Å². The lowest BCUT2D eigenvalue weighted by Crippen LogP contribution is -2.50. The highest BCUT2D eigenvalue weighted by Crippen LogP contribution is 2.65. The van der Waals surface area contributed by atoms with E-state index in [1.54, 1.807) is 0 Å². The van der Waals surface area contributed by atoms with E-state index >= 15 is 0 Å². The number of hydrogen-bond donors (Lipinski definition) is 0. The van der Waals surface area contributed by atoms with Crippen molar-refractivity contribution in [2.24, 2.45) is 29.6 Å². The smallest absolute Gasteiger partial charge is 0.238 e. The van der Waals surface area contributed by atoms with Crippen LogP contribution in [-0.4, -0.2) is 30.8 Å². The van der Waals surface area contributed by atoms with E-state index < -0.39 is 5.79 Å². The molecule has 23 heavy (non-hydrogen) atoms. The topological polar surface area (TPSA) is 55.8 Å². The summed E-state index contributed by atoms with van der Waals surface area (Å²) in [6.45, 7) is 3.26. The molecule has 2 aliphatic carbocycles. The molecule has 5 nitrogen and oxygen atoms in total. The van der Waals surface area contributed by atoms with Crippen LogP contribution in [0.25, 0.3) is 0 Å². The van der Waals surface area contributed by atoms with Crippen molar-refractivity contribution in [2.45, 2.75) is 19.1 Å². The highest BCUT2D eigenvalue weighted by Gasteiger charge is 2.73. The molecule has 2 saturated carbocycles. The van der Waals surface area contributed by atoms with Crippen LogP contribution in [-0.2, 0) is 19.1 Å². The van der Waals surface area contributed by atoms with E-state index in [-0.39, 0.29) is 41.4 Å². The van der Waals surface area contributed by atoms with Crippen LogP contribution in [0.2, 0.25) is 0 Å². The summed E-state index contributed by atoms with van der Waals surface area (Å²) >= 11 is 0. The van der Waals surface area contributed by atoms with Crippen molar-refractivity contribution in [1.29, 1.82) is 0 Å². The van der Waals surface area contributed by atoms with Crippen molar-refractivity contribution in [3.05, 3.63) is 30.3 Å². The molecular formula is C18H19NO4. The maximum atomic E-state index is 13.0. The molecule has 5 rings (SSSR count). The number of carbonyl (C=O) groups excluding carboxylic acids is 2. The first kappa shape index (κ1) is 13.7. The standard InChI is InChI=1S/C18H19NO4/c1-10-12-9-13(18(10)22-7-8-23-18)15-14(12)16(20)19(17(15)21)11-5-3-2-4-6-11/h2-6,10,12-15H,7-9H2,1H3/t10-,12-,13-,14-,15+/m1/s1. The molecule has 5 heteroatoms. The summed E-state index contributed by atoms with van der Waals surface area (Å²) in [6, 6.07) is 9.23. The average molecular weight is 313 g/mol. The van der Waals surface area contributed by atoms with E-state index in [0.717, 1.165) is 6.42 Å². The lowest BCUT2D eigenvalue weighted by molar-refractivity contribution is -0.232. The van der Waals surface area contributed by atoms with Crippen LogP contribution in [0.15, 0.2) is 30.3 Å². The molecule has 2 saturated heterocycles. The van der Waals surface area contributed by atoms with Gasteiger partial charge in [-0.2, -0.15) is 0 Å². The molecule has 0 unspecified atom stereocenters. The molecule has 0 radical (unpaired) electrons. The molecule has 0 N–H and O–H groups in total. The Balaban J connectivity index is 1.56. The van der Waals surface area contributed by atoms with Crippen molar-refractivity contribution < 1.29 is 19.1 Å². The third-order valence-electron chi connectivity index (χ3n) is 6.37. The minimum Gasteiger partial charge on any atom is -0.347 e. The zero-order chi connectivity index (χ0) is 15.8. The minimum absolute atomic E-state index is 0.000150. The van der Waals surface area contributed by atoms with E-state index in [1.165, 1.54) is 4.90 Å². The van der Waals surface area contributed by atoms with Crippen molar-refractivity contribution in [3.63, 3.8) is 0 Å². The second-order valence-electron chi connectivity index (χ2n) is 7.11. The first-order chi connectivity index (χ1) is 11.1. The number of benzene rings is 1. The van der Waals surface area contributed by atoms with E-state index in [4.69, 9.17) is 9.47 Å². The van der Waals surface area contributed by atoms with Gasteiger partial charge in [0.05, 0.1) is 30.7 Å². The van der Waals surface area contributed by atoms with Gasteiger partial charge in [0.15, 0.2) is 5.79 Å². The number of fused-ring (bicyclic) bond motifs is 6. The highest BCUT2D eigenvalue weighted by atomic mass is 16.7. The molecule has 120 valence electrons. The number of imide groups is 1. The summed E-state index contributed by atoms with van der Waals surface area (Å²) in [5, 5.41) is 0. The van der Waals surface area contributed by atoms with Crippen LogP contribution >= 0.6 is 0 Å². The normalized spacial score (nSPS) is 40.4. The molecule has 2 aliphatic heterocycles. The molecule has 2 bridgehead atoms. The van der Waals surface area contributed by atoms with Gasteiger partial charge in [-0.15, -0.1) is 0 Å². The molecule has 1 aromatic rings. The van der Waals surface area contributed by atoms with Crippen LogP contribution < -0.4 is 4.90 Å². The largest absolute Gasteiger partial charge is 0.347 e. The second-order valence-corrected chi connectivity index (χ2v) is 7.11. The number of rotatable bonds is 1. The van der Waals surface area contributed by atoms with E-state index in [9.17, 15) is 9.59 Å². The number of hydrogen-bond acceptors (Lipinski definition) is 4. The molecule has 4 aliphatic rings. The van der Waals surface area contributed by atoms with E-state index in [1.807, 2.05) is 30.3 Å². The highest BCUT2D eigenvalue weighted by molar-refractivity contribution is 6.22. The second kappa shape index (κ2) is 4.42. The quantitative estimate of drug-likeness (QED) is 0.742. The summed E-state index contributed by atoms with van der Waals surface area (Å²) < 4.78 is 12.0. The Hall–Kier alpha value is -1.72. The van der Waals surface area contributed by atoms with E-state index in [2.05, 4.69) is 6.92 Å². The number of anilines is 1. The Labute approximate surface area is 134 Å². The number of nitrogens with zero attached hydrogens (tertiary/aromatic N) is 1. The zero-order valence-electron chi connectivity index (χ0n) is 13.0. The number of para-hydroxylation sites is 1. The fourth-order valence-electron chi connectivity index (χ4n) is 5.49. The fraction of sp³-hybridized carbons (Fsp3) is 0.556. The molecule has 5 atom stereocenters. The average Bonchev–Trinajstić information content (AvgIpc) is 3.29. The van der Waals surface area contributed by atoms with Crippen molar-refractivity contribution in [3.8, 4) is 0 Å². The lowest BCUT2D eigenvalue weighted by atomic mass is 9.72. The van der Waals surface area contributed by atoms with Gasteiger partial charge in [0.2, 0.25) is 11.8 Å². The van der Waals surface area contributed by atoms with Crippen LogP contribution in [0.1, 0.15) is 13.3 Å². The summed E-state index contributed by atoms with van der Waals surface area (Å²) in [4.78, 5) is 27.4. The first-order valence-corrected chi connectivity index (χ1v) is 8.36. The fourth-order valence-corrected chi connectivity index (χ4v) is 5.49. The van der Waals surface area contributed by atoms with Gasteiger partial charge in [0.1, 0.15) is 0 Å². The number of amides is 2. The summed E-state index contributed by atoms with van der Waals surface area (Å²) in [7, 11) is 0. The third kappa shape index (κ3) is 1.50. The van der Waals surface area contributed by atoms with Crippen molar-refractivity contribution >= 4 is 17.5 Å². The SMILES string of the molecule is C[C@@H]1[C@H]2C[C@H]([C@@H]3C(=O)N(c4ccccc4)C(=O)[C@H]23)C12OCCO2. The Morgan fingerprint density at radius 1 is 1.04 bits per heavy atom. The van der Waals surface area contributed by atoms with Gasteiger partial charge in [-0.25, -0.2) is 0 Å². The van der Waals surface area contributed by atoms with Gasteiger partial charge in [0, 0.05) is 11.8 Å². The summed E-state index contributed by atoms with van der Waals surface area (Å²) in [5.74, 6) is -0.933. The van der Waals surface area contributed by atoms with Crippen LogP contribution in [0.5, 0.6) is 0 Å². The maximum Gasteiger partial charge on any atom is 0.238 e. The Morgan fingerprint density at radius 2 is 1.70 bits per heavy atom. The molecule has 4 fully saturated rings. The first-order valence-electron chi connectivity index (χ1n) is 8.36. The van der Waals surface area contributed by atoms with Crippen molar-refractivity contribution in [1.82, 2.24) is 0 Å². The summed E-state index contributed by atoms with van der Waals surface area (Å²) in [5.41, 5.74) is 0.672. The Bertz CT molecular complexity index is 682. The van der Waals surface area contributed by atoms with Crippen LogP contribution in [0.3, 0.4) is 0 Å². The number of carbonyl (C=O) groups is 2. The molecular weight excluding hydrogens is 294 g/mol. The Kier molecular flexibility index (Phi) is 2.63. The zero-order valence-corrected chi connectivity index (χ0v) is 13.0. The van der Waals surface area contributed by atoms with Crippen LogP contribution in [0.4, 0.5) is 5.69 Å². The third-order valence-corrected chi connectivity index (χ3v) is 6.37. The van der Waals surface area contributed by atoms with E-state index in [0.29, 0.717) is 18.9 Å². The number of ether oxygens (including phenoxy) is 2. The predicted octanol–water partition coefficient (Wildman–Crippen LogP) is 1.82. The molecule has 2 amide bonds. The maximum absolute atomic E-state index is 13.0. The monoisotopic (exact) mass is 313 g/mol. The van der Waals surface area contributed by atoms with Gasteiger partial charge in [0.25, 0.3) is 0 Å². The summed E-state index contributed by atoms with van der Waals surface area (Å²) in [6.07, 6.45) is 0.858. The molecule has 0 aromatic heterocycles. The van der Waals surface area contributed by atoms with Gasteiger partial charge in [-0.1, -0.05) is 25.1 Å². The lowest BCUT2D eigenvalue weighted by Gasteiger charge is -2.40. The Morgan fingerprint density at radius 3 is 2.39 bits per heavy atom. The predicted molar refractivity (Wildman–Crippen MR) is 81.3 cm³/mol. The minimum atomic E-state index is -0.644. The van der Waals surface area contributed by atoms with Gasteiger partial charge < -0.3 is 9.47 Å². The van der Waals surface area contributed by atoms with Gasteiger partial charge in [-0.05, 0) is 24.5 Å². The van der Waals surface area contributed by atoms with Crippen LogP contribution in [0, 0.1) is 29.6 Å². The molecule has 2 heterocycles. The van der Waals surface area contributed by atoms with Crippen molar-refractivity contribution in [2.75, 3.05) is 18.1 Å². The molecule has 1 aromatic carbocycles. The molecule has 1 spiro atoms. The van der Waals surface area contributed by atoms with Gasteiger partial charge >= 0.3 is 0 Å².